The summed E-state index contributed by atoms with van der Waals surface area (Å²) in [5.41, 5.74) is 2.78. The van der Waals surface area contributed by atoms with E-state index in [-0.39, 0.29) is 22.2 Å². The fourth-order valence-electron chi connectivity index (χ4n) is 1.82. The van der Waals surface area contributed by atoms with Crippen LogP contribution in [0.25, 0.3) is 0 Å². The molecule has 2 rings (SSSR count). The molecule has 1 N–H and O–H groups in total. The third-order valence-electron chi connectivity index (χ3n) is 3.12. The number of halogens is 1. The summed E-state index contributed by atoms with van der Waals surface area (Å²) in [4.78, 5) is 12.3. The molecule has 0 spiro atoms. The Labute approximate surface area is 139 Å². The smallest absolute Gasteiger partial charge is 0.245 e. The second-order valence-electron chi connectivity index (χ2n) is 6.12. The number of rotatable bonds is 4. The van der Waals surface area contributed by atoms with Crippen molar-refractivity contribution in [1.82, 2.24) is 10.6 Å². The molecule has 1 aliphatic carbocycles. The van der Waals surface area contributed by atoms with E-state index in [4.69, 9.17) is 21.4 Å². The summed E-state index contributed by atoms with van der Waals surface area (Å²) in [7, 11) is 0. The van der Waals surface area contributed by atoms with Gasteiger partial charge in [0.1, 0.15) is 11.8 Å². The maximum absolute atomic E-state index is 12.3. The molecule has 6 nitrogen and oxygen atoms in total. The highest BCUT2D eigenvalue weighted by Crippen LogP contribution is 2.22. The van der Waals surface area contributed by atoms with E-state index in [0.29, 0.717) is 11.5 Å². The van der Waals surface area contributed by atoms with Crippen molar-refractivity contribution in [3.63, 3.8) is 0 Å². The van der Waals surface area contributed by atoms with Crippen LogP contribution in [-0.4, -0.2) is 22.0 Å². The molecule has 1 aromatic heterocycles. The summed E-state index contributed by atoms with van der Waals surface area (Å²) in [5.74, 6) is -0.0314. The molecule has 1 heterocycles. The lowest BCUT2D eigenvalue weighted by Gasteiger charge is -2.12. The molecule has 0 saturated carbocycles. The SMILES string of the molecule is CC(C)(C)c1cc(C(=O)/C(C#N)=N/NC2=CC(Cl)CC=C2)no1. The Morgan fingerprint density at radius 1 is 1.57 bits per heavy atom. The van der Waals surface area contributed by atoms with Crippen LogP contribution >= 0.6 is 11.6 Å². The molecule has 0 amide bonds. The molecule has 0 aliphatic heterocycles. The topological polar surface area (TPSA) is 91.3 Å². The highest BCUT2D eigenvalue weighted by molar-refractivity contribution is 6.50. The number of hydrazone groups is 1. The first-order valence-electron chi connectivity index (χ1n) is 7.09. The fourth-order valence-corrected chi connectivity index (χ4v) is 2.06. The van der Waals surface area contributed by atoms with Gasteiger partial charge in [-0.1, -0.05) is 32.0 Å². The highest BCUT2D eigenvalue weighted by Gasteiger charge is 2.24. The average molecular weight is 333 g/mol. The maximum atomic E-state index is 12.3. The van der Waals surface area contributed by atoms with Gasteiger partial charge in [-0.3, -0.25) is 10.2 Å². The van der Waals surface area contributed by atoms with Gasteiger partial charge in [-0.15, -0.1) is 11.6 Å². The summed E-state index contributed by atoms with van der Waals surface area (Å²) in [6.07, 6.45) is 6.17. The van der Waals surface area contributed by atoms with Gasteiger partial charge in [0.2, 0.25) is 11.5 Å². The van der Waals surface area contributed by atoms with E-state index in [1.54, 1.807) is 18.2 Å². The minimum atomic E-state index is -0.595. The van der Waals surface area contributed by atoms with E-state index < -0.39 is 5.78 Å². The van der Waals surface area contributed by atoms with Crippen LogP contribution in [0.2, 0.25) is 0 Å². The first-order chi connectivity index (χ1) is 10.8. The predicted octanol–water partition coefficient (Wildman–Crippen LogP) is 3.08. The van der Waals surface area contributed by atoms with Gasteiger partial charge in [-0.2, -0.15) is 10.4 Å². The summed E-state index contributed by atoms with van der Waals surface area (Å²) >= 11 is 5.99. The summed E-state index contributed by atoms with van der Waals surface area (Å²) < 4.78 is 5.16. The molecule has 0 bridgehead atoms. The van der Waals surface area contributed by atoms with E-state index in [9.17, 15) is 4.79 Å². The van der Waals surface area contributed by atoms with Crippen molar-refractivity contribution in [3.8, 4) is 6.07 Å². The second-order valence-corrected chi connectivity index (χ2v) is 6.68. The van der Waals surface area contributed by atoms with E-state index in [0.717, 1.165) is 6.42 Å². The Kier molecular flexibility index (Phi) is 5.02. The largest absolute Gasteiger partial charge is 0.360 e. The van der Waals surface area contributed by atoms with Crippen molar-refractivity contribution in [2.24, 2.45) is 5.10 Å². The number of aromatic nitrogens is 1. The van der Waals surface area contributed by atoms with Crippen LogP contribution in [0.3, 0.4) is 0 Å². The Morgan fingerprint density at radius 2 is 2.30 bits per heavy atom. The fraction of sp³-hybridized carbons (Fsp3) is 0.375. The number of Topliss-reactive ketones (excluding diaryl/α,β-unsaturated/α-hetero) is 1. The molecule has 23 heavy (non-hydrogen) atoms. The van der Waals surface area contributed by atoms with Crippen LogP contribution < -0.4 is 5.43 Å². The minimum Gasteiger partial charge on any atom is -0.360 e. The van der Waals surface area contributed by atoms with Gasteiger partial charge >= 0.3 is 0 Å². The number of alkyl halides is 1. The number of carbonyl (C=O) groups excluding carboxylic acids is 1. The molecular weight excluding hydrogens is 316 g/mol. The third-order valence-corrected chi connectivity index (χ3v) is 3.42. The standard InChI is InChI=1S/C16H17ClN4O2/c1-16(2,3)14-8-12(21-23-14)15(22)13(9-18)20-19-11-6-4-5-10(17)7-11/h4,6-8,10,19H,5H2,1-3H3/b20-13+. The molecule has 0 radical (unpaired) electrons. The third kappa shape index (κ3) is 4.30. The monoisotopic (exact) mass is 332 g/mol. The van der Waals surface area contributed by atoms with Crippen LogP contribution in [0.4, 0.5) is 0 Å². The average Bonchev–Trinajstić information content (AvgIpc) is 2.97. The molecule has 0 saturated heterocycles. The zero-order chi connectivity index (χ0) is 17.0. The van der Waals surface area contributed by atoms with Crippen molar-refractivity contribution < 1.29 is 9.32 Å². The molecule has 1 aliphatic rings. The number of hydrogen-bond donors (Lipinski definition) is 1. The van der Waals surface area contributed by atoms with E-state index in [1.807, 2.05) is 26.8 Å². The number of nitrogens with one attached hydrogen (secondary N) is 1. The van der Waals surface area contributed by atoms with E-state index >= 15 is 0 Å². The number of allylic oxidation sites excluding steroid dienone is 3. The molecule has 0 aromatic carbocycles. The van der Waals surface area contributed by atoms with Gasteiger partial charge < -0.3 is 4.52 Å². The summed E-state index contributed by atoms with van der Waals surface area (Å²) in [6.45, 7) is 5.81. The normalized spacial score (nSPS) is 18.3. The predicted molar refractivity (Wildman–Crippen MR) is 87.2 cm³/mol. The molecule has 0 fully saturated rings. The number of nitrogens with zero attached hydrogens (tertiary/aromatic N) is 3. The summed E-state index contributed by atoms with van der Waals surface area (Å²) in [6, 6.07) is 3.30. The Hall–Kier alpha value is -2.39. The molecular formula is C16H17ClN4O2. The van der Waals surface area contributed by atoms with Gasteiger partial charge in [-0.25, -0.2) is 0 Å². The van der Waals surface area contributed by atoms with Crippen LogP contribution in [-0.2, 0) is 5.41 Å². The molecule has 1 aromatic rings. The lowest BCUT2D eigenvalue weighted by molar-refractivity contribution is 0.105. The van der Waals surface area contributed by atoms with Crippen molar-refractivity contribution in [2.45, 2.75) is 38.0 Å². The lowest BCUT2D eigenvalue weighted by Crippen LogP contribution is -2.18. The highest BCUT2D eigenvalue weighted by atomic mass is 35.5. The summed E-state index contributed by atoms with van der Waals surface area (Å²) in [5, 5.41) is 16.6. The molecule has 1 unspecified atom stereocenters. The Morgan fingerprint density at radius 3 is 2.87 bits per heavy atom. The first kappa shape index (κ1) is 17.0. The van der Waals surface area contributed by atoms with Crippen molar-refractivity contribution in [1.29, 1.82) is 5.26 Å². The van der Waals surface area contributed by atoms with E-state index in [1.165, 1.54) is 6.07 Å². The zero-order valence-electron chi connectivity index (χ0n) is 13.1. The first-order valence-corrected chi connectivity index (χ1v) is 7.53. The van der Waals surface area contributed by atoms with Crippen LogP contribution in [0, 0.1) is 11.3 Å². The minimum absolute atomic E-state index is 0.0559. The van der Waals surface area contributed by atoms with Gasteiger partial charge in [0.15, 0.2) is 5.69 Å². The van der Waals surface area contributed by atoms with Crippen LogP contribution in [0.1, 0.15) is 43.4 Å². The van der Waals surface area contributed by atoms with Crippen LogP contribution in [0.5, 0.6) is 0 Å². The van der Waals surface area contributed by atoms with Gasteiger partial charge in [-0.05, 0) is 18.6 Å². The number of ketones is 1. The second kappa shape index (κ2) is 6.80. The Balaban J connectivity index is 2.16. The van der Waals surface area contributed by atoms with Crippen molar-refractivity contribution in [2.75, 3.05) is 0 Å². The quantitative estimate of drug-likeness (QED) is 0.396. The maximum Gasteiger partial charge on any atom is 0.245 e. The van der Waals surface area contributed by atoms with Gasteiger partial charge in [0.25, 0.3) is 0 Å². The number of carbonyl (C=O) groups is 1. The molecule has 7 heteroatoms. The van der Waals surface area contributed by atoms with Gasteiger partial charge in [0.05, 0.1) is 11.1 Å². The lowest BCUT2D eigenvalue weighted by atomic mass is 9.93. The zero-order valence-corrected chi connectivity index (χ0v) is 13.9. The van der Waals surface area contributed by atoms with Crippen molar-refractivity contribution in [3.05, 3.63) is 41.4 Å². The van der Waals surface area contributed by atoms with Crippen LogP contribution in [0.15, 0.2) is 39.6 Å². The number of nitriles is 1. The molecule has 120 valence electrons. The van der Waals surface area contributed by atoms with Gasteiger partial charge in [0, 0.05) is 11.5 Å². The number of hydrogen-bond acceptors (Lipinski definition) is 6. The molecule has 1 atom stereocenters. The van der Waals surface area contributed by atoms with Crippen molar-refractivity contribution >= 4 is 23.1 Å². The Bertz CT molecular complexity index is 732. The van der Waals surface area contributed by atoms with E-state index in [2.05, 4.69) is 15.7 Å².